The van der Waals surface area contributed by atoms with E-state index in [1.54, 1.807) is 0 Å². The minimum Gasteiger partial charge on any atom is -0.299 e. The number of rotatable bonds is 6. The zero-order valence-corrected chi connectivity index (χ0v) is 14.1. The molecular formula is C18H26O6. The van der Waals surface area contributed by atoms with Crippen LogP contribution in [-0.4, -0.2) is 23.5 Å². The van der Waals surface area contributed by atoms with Gasteiger partial charge in [0.1, 0.15) is 24.4 Å². The minimum atomic E-state index is -0.871. The Balaban J connectivity index is 1.64. The van der Waals surface area contributed by atoms with Crippen molar-refractivity contribution in [3.05, 3.63) is 0 Å². The van der Waals surface area contributed by atoms with Crippen LogP contribution in [0.4, 0.5) is 0 Å². The van der Waals surface area contributed by atoms with E-state index in [0.29, 0.717) is 0 Å². The lowest BCUT2D eigenvalue weighted by Gasteiger charge is -2.20. The van der Waals surface area contributed by atoms with Crippen LogP contribution < -0.4 is 0 Å². The standard InChI is InChI=1S/C18H26O6/c19-15(13-7-3-1-4-8-13)11-17(21)23-24-18(22)12-16(20)14-9-5-2-6-10-14/h13-14H,1-12H2. The molecule has 134 valence electrons. The molecule has 0 bridgehead atoms. The molecule has 0 aliphatic heterocycles. The van der Waals surface area contributed by atoms with Gasteiger partial charge < -0.3 is 0 Å². The van der Waals surface area contributed by atoms with Crippen molar-refractivity contribution in [1.82, 2.24) is 0 Å². The van der Waals surface area contributed by atoms with Gasteiger partial charge in [-0.15, -0.1) is 0 Å². The molecule has 0 amide bonds. The second-order valence-corrected chi connectivity index (χ2v) is 6.87. The summed E-state index contributed by atoms with van der Waals surface area (Å²) in [5.74, 6) is -2.24. The van der Waals surface area contributed by atoms with Crippen LogP contribution in [0.3, 0.4) is 0 Å². The van der Waals surface area contributed by atoms with Crippen molar-refractivity contribution < 1.29 is 29.0 Å². The molecule has 24 heavy (non-hydrogen) atoms. The van der Waals surface area contributed by atoms with Crippen LogP contribution >= 0.6 is 0 Å². The van der Waals surface area contributed by atoms with Crippen molar-refractivity contribution in [3.63, 3.8) is 0 Å². The Kier molecular flexibility index (Phi) is 7.40. The molecule has 2 rings (SSSR count). The molecule has 2 aliphatic carbocycles. The zero-order chi connectivity index (χ0) is 17.4. The molecule has 6 nitrogen and oxygen atoms in total. The number of Topliss-reactive ketones (excluding diaryl/α,β-unsaturated/α-hetero) is 2. The van der Waals surface area contributed by atoms with Gasteiger partial charge in [-0.05, 0) is 25.7 Å². The van der Waals surface area contributed by atoms with Crippen molar-refractivity contribution in [2.75, 3.05) is 0 Å². The lowest BCUT2D eigenvalue weighted by Crippen LogP contribution is -2.24. The SMILES string of the molecule is O=C(CC(=O)C1CCCCC1)OOC(=O)CC(=O)C1CCCCC1. The van der Waals surface area contributed by atoms with Gasteiger partial charge >= 0.3 is 11.9 Å². The Bertz CT molecular complexity index is 428. The summed E-state index contributed by atoms with van der Waals surface area (Å²) < 4.78 is 0. The van der Waals surface area contributed by atoms with Gasteiger partial charge in [-0.25, -0.2) is 19.4 Å². The Hall–Kier alpha value is -1.72. The summed E-state index contributed by atoms with van der Waals surface area (Å²) in [4.78, 5) is 55.8. The number of hydrogen-bond donors (Lipinski definition) is 0. The van der Waals surface area contributed by atoms with E-state index in [4.69, 9.17) is 0 Å². The lowest BCUT2D eigenvalue weighted by molar-refractivity contribution is -0.258. The first-order valence-corrected chi connectivity index (χ1v) is 9.02. The van der Waals surface area contributed by atoms with Gasteiger partial charge in [0.2, 0.25) is 0 Å². The van der Waals surface area contributed by atoms with E-state index < -0.39 is 11.9 Å². The predicted octanol–water partition coefficient (Wildman–Crippen LogP) is 3.07. The monoisotopic (exact) mass is 338 g/mol. The third kappa shape index (κ3) is 6.06. The molecule has 0 unspecified atom stereocenters. The van der Waals surface area contributed by atoms with Crippen molar-refractivity contribution in [3.8, 4) is 0 Å². The fourth-order valence-electron chi connectivity index (χ4n) is 3.57. The van der Waals surface area contributed by atoms with Crippen LogP contribution in [0.1, 0.15) is 77.0 Å². The van der Waals surface area contributed by atoms with E-state index in [9.17, 15) is 19.2 Å². The summed E-state index contributed by atoms with van der Waals surface area (Å²) in [6.45, 7) is 0. The summed E-state index contributed by atoms with van der Waals surface area (Å²) in [7, 11) is 0. The lowest BCUT2D eigenvalue weighted by atomic mass is 9.85. The highest BCUT2D eigenvalue weighted by Gasteiger charge is 2.26. The van der Waals surface area contributed by atoms with E-state index in [1.807, 2.05) is 0 Å². The van der Waals surface area contributed by atoms with Gasteiger partial charge in [-0.3, -0.25) is 9.59 Å². The molecule has 6 heteroatoms. The molecule has 0 aromatic carbocycles. The molecule has 2 fully saturated rings. The maximum atomic E-state index is 11.9. The topological polar surface area (TPSA) is 86.7 Å². The molecule has 0 N–H and O–H groups in total. The molecule has 0 aromatic heterocycles. The first-order valence-electron chi connectivity index (χ1n) is 9.02. The fourth-order valence-corrected chi connectivity index (χ4v) is 3.57. The van der Waals surface area contributed by atoms with E-state index in [1.165, 1.54) is 0 Å². The number of carbonyl (C=O) groups excluding carboxylic acids is 4. The van der Waals surface area contributed by atoms with Crippen LogP contribution in [0.5, 0.6) is 0 Å². The second kappa shape index (κ2) is 9.55. The second-order valence-electron chi connectivity index (χ2n) is 6.87. The normalized spacial score (nSPS) is 19.5. The summed E-state index contributed by atoms with van der Waals surface area (Å²) in [6, 6.07) is 0. The van der Waals surface area contributed by atoms with Crippen LogP contribution in [0.25, 0.3) is 0 Å². The largest absolute Gasteiger partial charge is 0.362 e. The Morgan fingerprint density at radius 2 is 0.917 bits per heavy atom. The molecule has 0 aromatic rings. The van der Waals surface area contributed by atoms with Gasteiger partial charge in [0.15, 0.2) is 0 Å². The van der Waals surface area contributed by atoms with E-state index >= 15 is 0 Å². The number of hydrogen-bond acceptors (Lipinski definition) is 6. The first-order chi connectivity index (χ1) is 11.6. The van der Waals surface area contributed by atoms with Gasteiger partial charge in [-0.1, -0.05) is 38.5 Å². The van der Waals surface area contributed by atoms with Crippen molar-refractivity contribution in [2.45, 2.75) is 77.0 Å². The molecule has 0 radical (unpaired) electrons. The molecule has 2 aliphatic rings. The van der Waals surface area contributed by atoms with Gasteiger partial charge in [0.25, 0.3) is 0 Å². The van der Waals surface area contributed by atoms with E-state index in [2.05, 4.69) is 9.78 Å². The van der Waals surface area contributed by atoms with E-state index in [0.717, 1.165) is 64.2 Å². The summed E-state index contributed by atoms with van der Waals surface area (Å²) in [6.07, 6.45) is 8.73. The zero-order valence-electron chi connectivity index (χ0n) is 14.1. The van der Waals surface area contributed by atoms with Crippen LogP contribution in [0.15, 0.2) is 0 Å². The molecule has 0 saturated heterocycles. The molecule has 2 saturated carbocycles. The highest BCUT2D eigenvalue weighted by Crippen LogP contribution is 2.26. The van der Waals surface area contributed by atoms with Gasteiger partial charge in [0, 0.05) is 11.8 Å². The molecule has 0 spiro atoms. The Labute approximate surface area is 142 Å². The highest BCUT2D eigenvalue weighted by molar-refractivity contribution is 5.98. The van der Waals surface area contributed by atoms with Crippen LogP contribution in [0, 0.1) is 11.8 Å². The molecule has 0 heterocycles. The summed E-state index contributed by atoms with van der Waals surface area (Å²) in [5, 5.41) is 0. The van der Waals surface area contributed by atoms with Crippen molar-refractivity contribution >= 4 is 23.5 Å². The molecule has 0 atom stereocenters. The third-order valence-corrected chi connectivity index (χ3v) is 4.99. The average molecular weight is 338 g/mol. The van der Waals surface area contributed by atoms with Crippen molar-refractivity contribution in [2.24, 2.45) is 11.8 Å². The number of carbonyl (C=O) groups is 4. The Morgan fingerprint density at radius 3 is 1.25 bits per heavy atom. The maximum absolute atomic E-state index is 11.9. The smallest absolute Gasteiger partial charge is 0.299 e. The first kappa shape index (κ1) is 18.6. The number of ketones is 2. The highest BCUT2D eigenvalue weighted by atomic mass is 17.2. The quantitative estimate of drug-likeness (QED) is 0.420. The predicted molar refractivity (Wildman–Crippen MR) is 84.6 cm³/mol. The Morgan fingerprint density at radius 1 is 0.583 bits per heavy atom. The summed E-state index contributed by atoms with van der Waals surface area (Å²) in [5.41, 5.74) is 0. The van der Waals surface area contributed by atoms with E-state index in [-0.39, 0.29) is 36.2 Å². The molecular weight excluding hydrogens is 312 g/mol. The summed E-state index contributed by atoms with van der Waals surface area (Å²) >= 11 is 0. The van der Waals surface area contributed by atoms with Crippen LogP contribution in [-0.2, 0) is 29.0 Å². The average Bonchev–Trinajstić information content (AvgIpc) is 2.61. The van der Waals surface area contributed by atoms with Gasteiger partial charge in [-0.2, -0.15) is 0 Å². The third-order valence-electron chi connectivity index (χ3n) is 4.99. The minimum absolute atomic E-state index is 0.0881. The van der Waals surface area contributed by atoms with Gasteiger partial charge in [0.05, 0.1) is 0 Å². The van der Waals surface area contributed by atoms with Crippen LogP contribution in [0.2, 0.25) is 0 Å². The van der Waals surface area contributed by atoms with Crippen molar-refractivity contribution in [1.29, 1.82) is 0 Å². The maximum Gasteiger partial charge on any atom is 0.362 e. The fraction of sp³-hybridized carbons (Fsp3) is 0.778.